The molecule has 0 aliphatic rings. The molecule has 0 bridgehead atoms. The van der Waals surface area contributed by atoms with Gasteiger partial charge in [-0.25, -0.2) is 17.9 Å². The summed E-state index contributed by atoms with van der Waals surface area (Å²) in [6, 6.07) is 16.6. The molecule has 1 amide bonds. The maximum Gasteiger partial charge on any atom is 0.337 e. The number of carbonyl (C=O) groups is 2. The number of hydrogen-bond donors (Lipinski definition) is 1. The Balaban J connectivity index is 1.63. The van der Waals surface area contributed by atoms with Crippen molar-refractivity contribution in [3.05, 3.63) is 94.7 Å². The third kappa shape index (κ3) is 4.83. The van der Waals surface area contributed by atoms with Gasteiger partial charge in [-0.1, -0.05) is 24.3 Å². The fraction of sp³-hybridized carbons (Fsp3) is 0.185. The van der Waals surface area contributed by atoms with E-state index in [0.29, 0.717) is 23.3 Å². The van der Waals surface area contributed by atoms with Crippen LogP contribution in [-0.4, -0.2) is 39.1 Å². The molecular weight excluding hydrogens is 480 g/mol. The van der Waals surface area contributed by atoms with E-state index in [0.717, 1.165) is 22.0 Å². The first-order valence-electron chi connectivity index (χ1n) is 11.1. The highest BCUT2D eigenvalue weighted by molar-refractivity contribution is 7.90. The first-order valence-corrected chi connectivity index (χ1v) is 12.6. The second-order valence-electron chi connectivity index (χ2n) is 8.39. The zero-order valence-electron chi connectivity index (χ0n) is 20.4. The van der Waals surface area contributed by atoms with E-state index in [9.17, 15) is 18.0 Å². The quantitative estimate of drug-likeness (QED) is 0.380. The average Bonchev–Trinajstić information content (AvgIpc) is 3.17. The number of esters is 1. The number of hydrogen-bond acceptors (Lipinski definition) is 6. The fourth-order valence-corrected chi connectivity index (χ4v) is 5.41. The number of nitrogens with one attached hydrogen (secondary N) is 1. The Bertz CT molecular complexity index is 1590. The van der Waals surface area contributed by atoms with Crippen molar-refractivity contribution >= 4 is 32.8 Å². The molecule has 0 aliphatic heterocycles. The van der Waals surface area contributed by atoms with Crippen LogP contribution < -0.4 is 9.46 Å². The number of ether oxygens (including phenoxy) is 2. The van der Waals surface area contributed by atoms with E-state index >= 15 is 0 Å². The third-order valence-electron chi connectivity index (χ3n) is 6.03. The lowest BCUT2D eigenvalue weighted by Gasteiger charge is -2.12. The number of carbonyl (C=O) groups excluding carboxylic acids is 2. The molecule has 0 saturated carbocycles. The molecule has 4 aromatic rings. The van der Waals surface area contributed by atoms with Crippen molar-refractivity contribution in [2.75, 3.05) is 14.2 Å². The van der Waals surface area contributed by atoms with Gasteiger partial charge < -0.3 is 14.0 Å². The summed E-state index contributed by atoms with van der Waals surface area (Å²) in [4.78, 5) is 24.9. The summed E-state index contributed by atoms with van der Waals surface area (Å²) in [6.45, 7) is 1.66. The Labute approximate surface area is 209 Å². The van der Waals surface area contributed by atoms with Crippen LogP contribution in [0.1, 0.15) is 37.4 Å². The monoisotopic (exact) mass is 506 g/mol. The molecule has 0 saturated heterocycles. The van der Waals surface area contributed by atoms with Crippen LogP contribution in [0.2, 0.25) is 0 Å². The minimum atomic E-state index is -4.03. The van der Waals surface area contributed by atoms with Crippen molar-refractivity contribution < 1.29 is 27.5 Å². The number of aromatic nitrogens is 1. The third-order valence-corrected chi connectivity index (χ3v) is 7.52. The lowest BCUT2D eigenvalue weighted by molar-refractivity contribution is 0.0600. The van der Waals surface area contributed by atoms with Crippen molar-refractivity contribution in [2.24, 2.45) is 7.05 Å². The summed E-state index contributed by atoms with van der Waals surface area (Å²) in [6.07, 6.45) is 2.44. The standard InChI is InChI=1S/C27H26N2O6S/c1-17-7-5-6-8-25(17)36(32,33)28-26(30)19-10-9-18(24(15-19)34-3)13-21-16-29(2)23-12-11-20(14-22(21)23)27(31)35-4/h5-12,14-16H,13H2,1-4H3,(H,28,30). The molecule has 8 nitrogen and oxygen atoms in total. The zero-order chi connectivity index (χ0) is 26.0. The van der Waals surface area contributed by atoms with Crippen LogP contribution >= 0.6 is 0 Å². The Morgan fingerprint density at radius 2 is 1.67 bits per heavy atom. The second-order valence-corrected chi connectivity index (χ2v) is 10.0. The fourth-order valence-electron chi connectivity index (χ4n) is 4.19. The molecule has 36 heavy (non-hydrogen) atoms. The number of aryl methyl sites for hydroxylation is 2. The predicted molar refractivity (Wildman–Crippen MR) is 136 cm³/mol. The molecule has 1 aromatic heterocycles. The van der Waals surface area contributed by atoms with E-state index in [1.807, 2.05) is 23.9 Å². The second kappa shape index (κ2) is 9.87. The maximum atomic E-state index is 12.8. The van der Waals surface area contributed by atoms with Gasteiger partial charge in [0, 0.05) is 36.1 Å². The van der Waals surface area contributed by atoms with Gasteiger partial charge in [-0.15, -0.1) is 0 Å². The van der Waals surface area contributed by atoms with Gasteiger partial charge in [-0.3, -0.25) is 4.79 Å². The number of fused-ring (bicyclic) bond motifs is 1. The number of nitrogens with zero attached hydrogens (tertiary/aromatic N) is 1. The van der Waals surface area contributed by atoms with Gasteiger partial charge in [0.2, 0.25) is 0 Å². The Hall–Kier alpha value is -4.11. The molecule has 0 aliphatic carbocycles. The first kappa shape index (κ1) is 25.0. The summed E-state index contributed by atoms with van der Waals surface area (Å²) in [5.74, 6) is -0.728. The van der Waals surface area contributed by atoms with Crippen molar-refractivity contribution in [1.82, 2.24) is 9.29 Å². The first-order chi connectivity index (χ1) is 17.1. The van der Waals surface area contributed by atoms with E-state index in [4.69, 9.17) is 9.47 Å². The average molecular weight is 507 g/mol. The van der Waals surface area contributed by atoms with Crippen molar-refractivity contribution in [2.45, 2.75) is 18.2 Å². The normalized spacial score (nSPS) is 11.3. The van der Waals surface area contributed by atoms with Crippen LogP contribution in [0.25, 0.3) is 10.9 Å². The summed E-state index contributed by atoms with van der Waals surface area (Å²) < 4.78 is 39.9. The molecule has 0 fully saturated rings. The number of rotatable bonds is 7. The minimum absolute atomic E-state index is 0.0456. The predicted octanol–water partition coefficient (Wildman–Crippen LogP) is 3.99. The summed E-state index contributed by atoms with van der Waals surface area (Å²) in [5.41, 5.74) is 3.85. The van der Waals surface area contributed by atoms with E-state index in [1.54, 1.807) is 49.4 Å². The highest BCUT2D eigenvalue weighted by Gasteiger charge is 2.21. The lowest BCUT2D eigenvalue weighted by atomic mass is 10.0. The van der Waals surface area contributed by atoms with E-state index in [2.05, 4.69) is 4.72 Å². The topological polar surface area (TPSA) is 104 Å². The Morgan fingerprint density at radius 1 is 0.944 bits per heavy atom. The van der Waals surface area contributed by atoms with Crippen molar-refractivity contribution in [3.63, 3.8) is 0 Å². The molecule has 4 rings (SSSR count). The van der Waals surface area contributed by atoms with Crippen LogP contribution in [-0.2, 0) is 28.2 Å². The zero-order valence-corrected chi connectivity index (χ0v) is 21.2. The molecule has 0 radical (unpaired) electrons. The van der Waals surface area contributed by atoms with Gasteiger partial charge in [0.15, 0.2) is 0 Å². The molecule has 0 unspecified atom stereocenters. The highest BCUT2D eigenvalue weighted by atomic mass is 32.2. The Morgan fingerprint density at radius 3 is 2.36 bits per heavy atom. The summed E-state index contributed by atoms with van der Waals surface area (Å²) >= 11 is 0. The Kier molecular flexibility index (Phi) is 6.85. The largest absolute Gasteiger partial charge is 0.496 e. The van der Waals surface area contributed by atoms with E-state index < -0.39 is 21.9 Å². The highest BCUT2D eigenvalue weighted by Crippen LogP contribution is 2.29. The molecular formula is C27H26N2O6S. The molecule has 1 N–H and O–H groups in total. The number of amides is 1. The van der Waals surface area contributed by atoms with E-state index in [-0.39, 0.29) is 10.5 Å². The number of sulfonamides is 1. The van der Waals surface area contributed by atoms with Crippen LogP contribution in [0.4, 0.5) is 0 Å². The van der Waals surface area contributed by atoms with Crippen molar-refractivity contribution in [3.8, 4) is 5.75 Å². The van der Waals surface area contributed by atoms with Crippen LogP contribution in [0.15, 0.2) is 71.8 Å². The van der Waals surface area contributed by atoms with Crippen LogP contribution in [0.5, 0.6) is 5.75 Å². The molecule has 0 spiro atoms. The number of benzene rings is 3. The van der Waals surface area contributed by atoms with Gasteiger partial charge in [-0.2, -0.15) is 0 Å². The van der Waals surface area contributed by atoms with Gasteiger partial charge in [0.05, 0.1) is 24.7 Å². The van der Waals surface area contributed by atoms with Gasteiger partial charge in [-0.05, 0) is 60.0 Å². The number of methoxy groups -OCH3 is 2. The molecule has 0 atom stereocenters. The summed E-state index contributed by atoms with van der Waals surface area (Å²) in [5, 5.41) is 0.897. The van der Waals surface area contributed by atoms with Gasteiger partial charge in [0.1, 0.15) is 5.75 Å². The maximum absolute atomic E-state index is 12.8. The van der Waals surface area contributed by atoms with Crippen LogP contribution in [0.3, 0.4) is 0 Å². The van der Waals surface area contributed by atoms with Gasteiger partial charge in [0.25, 0.3) is 15.9 Å². The van der Waals surface area contributed by atoms with Crippen LogP contribution in [0, 0.1) is 6.92 Å². The molecule has 9 heteroatoms. The molecule has 1 heterocycles. The minimum Gasteiger partial charge on any atom is -0.496 e. The molecule has 186 valence electrons. The molecule has 3 aromatic carbocycles. The smallest absolute Gasteiger partial charge is 0.337 e. The SMILES string of the molecule is COC(=O)c1ccc2c(c1)c(Cc1ccc(C(=O)NS(=O)(=O)c3ccccc3C)cc1OC)cn2C. The van der Waals surface area contributed by atoms with Gasteiger partial charge >= 0.3 is 5.97 Å². The summed E-state index contributed by atoms with van der Waals surface area (Å²) in [7, 11) is 0.717. The lowest BCUT2D eigenvalue weighted by Crippen LogP contribution is -2.31. The van der Waals surface area contributed by atoms with E-state index in [1.165, 1.54) is 26.4 Å². The van der Waals surface area contributed by atoms with Crippen molar-refractivity contribution in [1.29, 1.82) is 0 Å².